The van der Waals surface area contributed by atoms with E-state index in [0.29, 0.717) is 31.6 Å². The highest BCUT2D eigenvalue weighted by atomic mass is 31.2. The SMILES string of the molecule is CCCCCCCCCCCCCCC(=O)O[C@H](COC(=O)CCCCCCCCCC(C)C)COP(=O)(O)OC[C@@H](O)COP(=O)(O)OC[C@@H](COC(=O)CCCCCCCCCCCC)OC(=O)CCCCCCCCC(C)CC. The number of carbonyl (C=O) groups excluding carboxylic acids is 4. The summed E-state index contributed by atoms with van der Waals surface area (Å²) in [6.45, 7) is 9.38. The van der Waals surface area contributed by atoms with Crippen molar-refractivity contribution in [3.8, 4) is 0 Å². The fourth-order valence-corrected chi connectivity index (χ4v) is 10.9. The van der Waals surface area contributed by atoms with E-state index in [1.807, 2.05) is 0 Å². The standard InChI is InChI=1S/C63H122O17P2/c1-7-10-12-14-16-18-20-21-23-27-35-41-47-62(67)79-58(51-74-61(66)46-40-34-28-24-25-31-37-43-55(4)5)53-77-81(69,70)75-49-57(64)50-76-82(71,72)78-54-59(80-63(68)48-42-36-30-29-32-38-44-56(6)9-3)52-73-60(65)45-39-33-26-22-19-17-15-13-11-8-2/h55-59,64H,7-54H2,1-6H3,(H,69,70)(H,71,72)/t56?,57-,58-,59-/m1/s1. The smallest absolute Gasteiger partial charge is 0.462 e. The van der Waals surface area contributed by atoms with Gasteiger partial charge >= 0.3 is 39.5 Å². The van der Waals surface area contributed by atoms with E-state index >= 15 is 0 Å². The molecule has 0 saturated carbocycles. The van der Waals surface area contributed by atoms with Gasteiger partial charge in [-0.05, 0) is 37.5 Å². The highest BCUT2D eigenvalue weighted by Gasteiger charge is 2.30. The topological polar surface area (TPSA) is 237 Å². The number of phosphoric ester groups is 2. The predicted octanol–water partition coefficient (Wildman–Crippen LogP) is 17.3. The molecule has 0 spiro atoms. The molecule has 3 unspecified atom stereocenters. The Bertz CT molecular complexity index is 1620. The molecule has 3 N–H and O–H groups in total. The average Bonchev–Trinajstić information content (AvgIpc) is 3.44. The highest BCUT2D eigenvalue weighted by molar-refractivity contribution is 7.47. The van der Waals surface area contributed by atoms with Gasteiger partial charge in [0.2, 0.25) is 0 Å². The van der Waals surface area contributed by atoms with E-state index in [0.717, 1.165) is 102 Å². The number of phosphoric acid groups is 2. The van der Waals surface area contributed by atoms with Gasteiger partial charge in [-0.2, -0.15) is 0 Å². The zero-order chi connectivity index (χ0) is 60.8. The van der Waals surface area contributed by atoms with Gasteiger partial charge in [-0.3, -0.25) is 37.3 Å². The molecule has 0 bridgehead atoms. The number of aliphatic hydroxyl groups excluding tert-OH is 1. The number of esters is 4. The van der Waals surface area contributed by atoms with E-state index in [9.17, 15) is 43.2 Å². The maximum Gasteiger partial charge on any atom is 0.472 e. The van der Waals surface area contributed by atoms with Gasteiger partial charge in [-0.1, -0.05) is 260 Å². The number of carbonyl (C=O) groups is 4. The minimum absolute atomic E-state index is 0.103. The summed E-state index contributed by atoms with van der Waals surface area (Å²) in [5.74, 6) is -0.712. The zero-order valence-electron chi connectivity index (χ0n) is 52.8. The molecule has 0 amide bonds. The molecule has 0 aliphatic carbocycles. The molecule has 0 aromatic heterocycles. The van der Waals surface area contributed by atoms with Crippen LogP contribution in [0.3, 0.4) is 0 Å². The summed E-state index contributed by atoms with van der Waals surface area (Å²) < 4.78 is 67.9. The predicted molar refractivity (Wildman–Crippen MR) is 326 cm³/mol. The molecule has 82 heavy (non-hydrogen) atoms. The molecule has 6 atom stereocenters. The highest BCUT2D eigenvalue weighted by Crippen LogP contribution is 2.45. The van der Waals surface area contributed by atoms with Gasteiger partial charge in [-0.25, -0.2) is 9.13 Å². The van der Waals surface area contributed by atoms with Gasteiger partial charge in [-0.15, -0.1) is 0 Å². The fraction of sp³-hybridized carbons (Fsp3) is 0.937. The van der Waals surface area contributed by atoms with E-state index in [-0.39, 0.29) is 25.7 Å². The van der Waals surface area contributed by atoms with Crippen LogP contribution < -0.4 is 0 Å². The Labute approximate surface area is 498 Å². The van der Waals surface area contributed by atoms with Crippen LogP contribution in [0.15, 0.2) is 0 Å². The molecule has 17 nitrogen and oxygen atoms in total. The third kappa shape index (κ3) is 55.9. The molecule has 0 fully saturated rings. The van der Waals surface area contributed by atoms with E-state index < -0.39 is 97.5 Å². The van der Waals surface area contributed by atoms with Crippen LogP contribution >= 0.6 is 15.6 Å². The van der Waals surface area contributed by atoms with Crippen LogP contribution in [0, 0.1) is 11.8 Å². The van der Waals surface area contributed by atoms with Crippen molar-refractivity contribution in [2.45, 2.75) is 330 Å². The Morgan fingerprint density at radius 2 is 0.622 bits per heavy atom. The Hall–Kier alpha value is -1.94. The van der Waals surface area contributed by atoms with Crippen molar-refractivity contribution in [3.05, 3.63) is 0 Å². The first kappa shape index (κ1) is 80.1. The fourth-order valence-electron chi connectivity index (χ4n) is 9.32. The minimum atomic E-state index is -4.94. The molecular formula is C63H122O17P2. The van der Waals surface area contributed by atoms with Crippen molar-refractivity contribution >= 4 is 39.5 Å². The summed E-state index contributed by atoms with van der Waals surface area (Å²) >= 11 is 0. The van der Waals surface area contributed by atoms with Crippen molar-refractivity contribution in [2.24, 2.45) is 11.8 Å². The number of hydrogen-bond acceptors (Lipinski definition) is 15. The van der Waals surface area contributed by atoms with Gasteiger partial charge < -0.3 is 33.8 Å². The second-order valence-corrected chi connectivity index (χ2v) is 26.4. The summed E-state index contributed by atoms with van der Waals surface area (Å²) in [6.07, 6.45) is 37.6. The van der Waals surface area contributed by atoms with Crippen molar-refractivity contribution < 1.29 is 80.2 Å². The Kier molecular flexibility index (Phi) is 54.3. The first-order chi connectivity index (χ1) is 39.4. The summed E-state index contributed by atoms with van der Waals surface area (Å²) in [6, 6.07) is 0. The first-order valence-corrected chi connectivity index (χ1v) is 36.0. The van der Waals surface area contributed by atoms with Crippen molar-refractivity contribution in [1.82, 2.24) is 0 Å². The van der Waals surface area contributed by atoms with Crippen LogP contribution in [-0.2, 0) is 65.4 Å². The van der Waals surface area contributed by atoms with Crippen molar-refractivity contribution in [1.29, 1.82) is 0 Å². The number of rotatable bonds is 62. The normalized spacial score (nSPS) is 14.7. The molecule has 19 heteroatoms. The van der Waals surface area contributed by atoms with Gasteiger partial charge in [0.25, 0.3) is 0 Å². The lowest BCUT2D eigenvalue weighted by Gasteiger charge is -2.21. The lowest BCUT2D eigenvalue weighted by atomic mass is 10.00. The number of ether oxygens (including phenoxy) is 4. The van der Waals surface area contributed by atoms with Crippen LogP contribution in [0.2, 0.25) is 0 Å². The third-order valence-corrected chi connectivity index (χ3v) is 16.7. The molecule has 0 radical (unpaired) electrons. The molecule has 0 heterocycles. The van der Waals surface area contributed by atoms with Crippen LogP contribution in [0.1, 0.15) is 311 Å². The van der Waals surface area contributed by atoms with Crippen LogP contribution in [-0.4, -0.2) is 96.7 Å². The summed E-state index contributed by atoms with van der Waals surface area (Å²) in [4.78, 5) is 72.1. The Balaban J connectivity index is 5.25. The average molecular weight is 1210 g/mol. The van der Waals surface area contributed by atoms with Gasteiger partial charge in [0.15, 0.2) is 12.2 Å². The molecule has 0 aliphatic rings. The molecule has 0 aromatic rings. The van der Waals surface area contributed by atoms with Gasteiger partial charge in [0.05, 0.1) is 26.4 Å². The van der Waals surface area contributed by atoms with E-state index in [4.69, 9.17) is 37.0 Å². The number of unbranched alkanes of at least 4 members (excludes halogenated alkanes) is 31. The van der Waals surface area contributed by atoms with Crippen LogP contribution in [0.4, 0.5) is 0 Å². The molecule has 0 aliphatic heterocycles. The zero-order valence-corrected chi connectivity index (χ0v) is 54.6. The third-order valence-electron chi connectivity index (χ3n) is 14.8. The molecule has 0 aromatic carbocycles. The van der Waals surface area contributed by atoms with Crippen molar-refractivity contribution in [3.63, 3.8) is 0 Å². The Morgan fingerprint density at radius 3 is 0.927 bits per heavy atom. The second-order valence-electron chi connectivity index (χ2n) is 23.5. The molecular weight excluding hydrogens is 1090 g/mol. The Morgan fingerprint density at radius 1 is 0.354 bits per heavy atom. The summed E-state index contributed by atoms with van der Waals surface area (Å²) in [7, 11) is -9.88. The minimum Gasteiger partial charge on any atom is -0.462 e. The number of aliphatic hydroxyl groups is 1. The second kappa shape index (κ2) is 55.6. The molecule has 486 valence electrons. The van der Waals surface area contributed by atoms with E-state index in [1.165, 1.54) is 122 Å². The largest absolute Gasteiger partial charge is 0.472 e. The van der Waals surface area contributed by atoms with Gasteiger partial charge in [0, 0.05) is 25.7 Å². The van der Waals surface area contributed by atoms with Gasteiger partial charge in [0.1, 0.15) is 19.3 Å². The molecule has 0 rings (SSSR count). The molecule has 0 saturated heterocycles. The summed E-state index contributed by atoms with van der Waals surface area (Å²) in [5.41, 5.74) is 0. The monoisotopic (exact) mass is 1210 g/mol. The quantitative estimate of drug-likeness (QED) is 0.0222. The van der Waals surface area contributed by atoms with Crippen molar-refractivity contribution in [2.75, 3.05) is 39.6 Å². The van der Waals surface area contributed by atoms with Crippen LogP contribution in [0.5, 0.6) is 0 Å². The first-order valence-electron chi connectivity index (χ1n) is 33.0. The lowest BCUT2D eigenvalue weighted by molar-refractivity contribution is -0.161. The lowest BCUT2D eigenvalue weighted by Crippen LogP contribution is -2.30. The summed E-state index contributed by atoms with van der Waals surface area (Å²) in [5, 5.41) is 10.5. The maximum absolute atomic E-state index is 13.0. The van der Waals surface area contributed by atoms with E-state index in [2.05, 4.69) is 41.5 Å². The van der Waals surface area contributed by atoms with E-state index in [1.54, 1.807) is 0 Å². The number of hydrogen-bond donors (Lipinski definition) is 3. The maximum atomic E-state index is 13.0. The van der Waals surface area contributed by atoms with Crippen LogP contribution in [0.25, 0.3) is 0 Å².